The first-order valence-corrected chi connectivity index (χ1v) is 8.65. The summed E-state index contributed by atoms with van der Waals surface area (Å²) in [5, 5.41) is 3.62. The van der Waals surface area contributed by atoms with Crippen LogP contribution in [-0.2, 0) is 6.42 Å². The molecular formula is C19H32N2. The molecule has 0 aromatic heterocycles. The van der Waals surface area contributed by atoms with Crippen molar-refractivity contribution < 1.29 is 0 Å². The van der Waals surface area contributed by atoms with E-state index in [-0.39, 0.29) is 0 Å². The Bertz CT molecular complexity index is 427. The fourth-order valence-electron chi connectivity index (χ4n) is 3.22. The summed E-state index contributed by atoms with van der Waals surface area (Å²) >= 11 is 0. The maximum atomic E-state index is 3.62. The molecule has 1 N–H and O–H groups in total. The molecule has 1 aromatic rings. The van der Waals surface area contributed by atoms with Crippen molar-refractivity contribution in [3.8, 4) is 0 Å². The Labute approximate surface area is 130 Å². The Kier molecular flexibility index (Phi) is 6.10. The molecule has 0 fully saturated rings. The summed E-state index contributed by atoms with van der Waals surface area (Å²) in [6, 6.07) is 9.57. The lowest BCUT2D eigenvalue weighted by molar-refractivity contribution is 0.406. The molecule has 0 spiro atoms. The Balaban J connectivity index is 2.02. The van der Waals surface area contributed by atoms with Crippen LogP contribution < -0.4 is 10.2 Å². The van der Waals surface area contributed by atoms with Crippen molar-refractivity contribution in [3.05, 3.63) is 29.8 Å². The molecule has 2 heteroatoms. The molecule has 2 rings (SSSR count). The van der Waals surface area contributed by atoms with Crippen LogP contribution in [0, 0.1) is 11.8 Å². The lowest BCUT2D eigenvalue weighted by Crippen LogP contribution is -2.42. The summed E-state index contributed by atoms with van der Waals surface area (Å²) in [6.07, 6.45) is 3.87. The van der Waals surface area contributed by atoms with Gasteiger partial charge in [0.1, 0.15) is 0 Å². The van der Waals surface area contributed by atoms with Crippen molar-refractivity contribution in [2.45, 2.75) is 53.0 Å². The molecule has 0 saturated heterocycles. The monoisotopic (exact) mass is 288 g/mol. The molecule has 2 nitrogen and oxygen atoms in total. The summed E-state index contributed by atoms with van der Waals surface area (Å²) in [6.45, 7) is 12.7. The van der Waals surface area contributed by atoms with Gasteiger partial charge in [0.25, 0.3) is 0 Å². The molecule has 1 aromatic carbocycles. The number of fused-ring (bicyclic) bond motifs is 1. The fourth-order valence-corrected chi connectivity index (χ4v) is 3.22. The van der Waals surface area contributed by atoms with Crippen LogP contribution in [0.2, 0.25) is 0 Å². The van der Waals surface area contributed by atoms with Gasteiger partial charge in [0.15, 0.2) is 0 Å². The topological polar surface area (TPSA) is 15.3 Å². The van der Waals surface area contributed by atoms with Gasteiger partial charge in [0.2, 0.25) is 0 Å². The Morgan fingerprint density at radius 2 is 1.81 bits per heavy atom. The normalized spacial score (nSPS) is 18.2. The fraction of sp³-hybridized carbons (Fsp3) is 0.684. The molecule has 1 aliphatic heterocycles. The van der Waals surface area contributed by atoms with Crippen molar-refractivity contribution in [2.75, 3.05) is 24.5 Å². The number of anilines is 1. The molecule has 1 heterocycles. The van der Waals surface area contributed by atoms with Crippen LogP contribution >= 0.6 is 0 Å². The van der Waals surface area contributed by atoms with E-state index >= 15 is 0 Å². The predicted octanol–water partition coefficient (Wildman–Crippen LogP) is 4.10. The van der Waals surface area contributed by atoms with E-state index in [1.165, 1.54) is 37.1 Å². The van der Waals surface area contributed by atoms with E-state index in [0.29, 0.717) is 12.0 Å². The van der Waals surface area contributed by atoms with E-state index in [4.69, 9.17) is 0 Å². The van der Waals surface area contributed by atoms with Crippen LogP contribution in [-0.4, -0.2) is 25.7 Å². The summed E-state index contributed by atoms with van der Waals surface area (Å²) in [5.41, 5.74) is 3.00. The molecule has 0 saturated carbocycles. The van der Waals surface area contributed by atoms with E-state index in [9.17, 15) is 0 Å². The van der Waals surface area contributed by atoms with Crippen molar-refractivity contribution in [1.82, 2.24) is 5.32 Å². The smallest absolute Gasteiger partial charge is 0.0401 e. The van der Waals surface area contributed by atoms with Crippen LogP contribution in [0.5, 0.6) is 0 Å². The zero-order chi connectivity index (χ0) is 15.2. The maximum Gasteiger partial charge on any atom is 0.0401 e. The molecule has 2 unspecified atom stereocenters. The molecule has 0 aliphatic carbocycles. The third-order valence-corrected chi connectivity index (χ3v) is 4.73. The number of benzene rings is 1. The number of hydrogen-bond acceptors (Lipinski definition) is 2. The van der Waals surface area contributed by atoms with Gasteiger partial charge < -0.3 is 10.2 Å². The van der Waals surface area contributed by atoms with Crippen LogP contribution in [0.25, 0.3) is 0 Å². The number of nitrogens with zero attached hydrogens (tertiary/aromatic N) is 1. The highest BCUT2D eigenvalue weighted by Crippen LogP contribution is 2.29. The Morgan fingerprint density at radius 1 is 1.05 bits per heavy atom. The molecular weight excluding hydrogens is 256 g/mol. The van der Waals surface area contributed by atoms with E-state index < -0.39 is 0 Å². The Morgan fingerprint density at radius 3 is 2.57 bits per heavy atom. The molecule has 21 heavy (non-hydrogen) atoms. The van der Waals surface area contributed by atoms with Gasteiger partial charge in [0, 0.05) is 18.3 Å². The third-order valence-electron chi connectivity index (χ3n) is 4.73. The van der Waals surface area contributed by atoms with Gasteiger partial charge in [-0.1, -0.05) is 39.0 Å². The standard InChI is InChI=1S/C19H32N2/c1-15(2)13-20-14-16(3)17(4)21-12-8-7-10-18-9-5-6-11-19(18)21/h5-6,9,11,15-17,20H,7-8,10,12-14H2,1-4H3. The van der Waals surface area contributed by atoms with E-state index in [2.05, 4.69) is 62.2 Å². The van der Waals surface area contributed by atoms with Crippen LogP contribution in [0.3, 0.4) is 0 Å². The van der Waals surface area contributed by atoms with Gasteiger partial charge in [-0.15, -0.1) is 0 Å². The van der Waals surface area contributed by atoms with E-state index in [0.717, 1.165) is 19.0 Å². The number of para-hydroxylation sites is 1. The van der Waals surface area contributed by atoms with Gasteiger partial charge >= 0.3 is 0 Å². The molecule has 118 valence electrons. The first-order valence-electron chi connectivity index (χ1n) is 8.65. The molecule has 1 aliphatic rings. The van der Waals surface area contributed by atoms with Crippen molar-refractivity contribution in [1.29, 1.82) is 0 Å². The summed E-state index contributed by atoms with van der Waals surface area (Å²) in [4.78, 5) is 2.64. The lowest BCUT2D eigenvalue weighted by atomic mass is 10.00. The van der Waals surface area contributed by atoms with Crippen LogP contribution in [0.1, 0.15) is 46.1 Å². The summed E-state index contributed by atoms with van der Waals surface area (Å²) in [5.74, 6) is 1.39. The first kappa shape index (κ1) is 16.4. The SMILES string of the molecule is CC(C)CNCC(C)C(C)N1CCCCc2ccccc21. The highest BCUT2D eigenvalue weighted by Gasteiger charge is 2.23. The zero-order valence-electron chi connectivity index (χ0n) is 14.2. The van der Waals surface area contributed by atoms with Crippen molar-refractivity contribution in [3.63, 3.8) is 0 Å². The minimum absolute atomic E-state index is 0.587. The Hall–Kier alpha value is -1.02. The number of rotatable bonds is 6. The number of aryl methyl sites for hydroxylation is 1. The van der Waals surface area contributed by atoms with Gasteiger partial charge in [-0.2, -0.15) is 0 Å². The van der Waals surface area contributed by atoms with Crippen LogP contribution in [0.4, 0.5) is 5.69 Å². The van der Waals surface area contributed by atoms with Gasteiger partial charge in [-0.3, -0.25) is 0 Å². The second-order valence-electron chi connectivity index (χ2n) is 7.05. The minimum Gasteiger partial charge on any atom is -0.368 e. The highest BCUT2D eigenvalue weighted by molar-refractivity contribution is 5.55. The highest BCUT2D eigenvalue weighted by atomic mass is 15.2. The first-order chi connectivity index (χ1) is 10.1. The van der Waals surface area contributed by atoms with Crippen molar-refractivity contribution in [2.24, 2.45) is 11.8 Å². The molecule has 0 amide bonds. The summed E-state index contributed by atoms with van der Waals surface area (Å²) < 4.78 is 0. The lowest BCUT2D eigenvalue weighted by Gasteiger charge is -2.35. The van der Waals surface area contributed by atoms with Crippen LogP contribution in [0.15, 0.2) is 24.3 Å². The average molecular weight is 288 g/mol. The minimum atomic E-state index is 0.587. The van der Waals surface area contributed by atoms with E-state index in [1.807, 2.05) is 0 Å². The predicted molar refractivity (Wildman–Crippen MR) is 93.1 cm³/mol. The summed E-state index contributed by atoms with van der Waals surface area (Å²) in [7, 11) is 0. The number of nitrogens with one attached hydrogen (secondary N) is 1. The number of hydrogen-bond donors (Lipinski definition) is 1. The van der Waals surface area contributed by atoms with E-state index in [1.54, 1.807) is 0 Å². The van der Waals surface area contributed by atoms with Gasteiger partial charge in [0.05, 0.1) is 0 Å². The average Bonchev–Trinajstić information content (AvgIpc) is 2.68. The quantitative estimate of drug-likeness (QED) is 0.848. The van der Waals surface area contributed by atoms with Gasteiger partial charge in [-0.25, -0.2) is 0 Å². The largest absolute Gasteiger partial charge is 0.368 e. The molecule has 2 atom stereocenters. The van der Waals surface area contributed by atoms with Crippen molar-refractivity contribution >= 4 is 5.69 Å². The molecule has 0 bridgehead atoms. The third kappa shape index (κ3) is 4.47. The molecule has 0 radical (unpaired) electrons. The van der Waals surface area contributed by atoms with Gasteiger partial charge in [-0.05, 0) is 62.7 Å². The second-order valence-corrected chi connectivity index (χ2v) is 7.05. The maximum absolute atomic E-state index is 3.62. The second kappa shape index (κ2) is 7.84. The zero-order valence-corrected chi connectivity index (χ0v) is 14.2.